The first kappa shape index (κ1) is 16.8. The van der Waals surface area contributed by atoms with Gasteiger partial charge in [-0.05, 0) is 42.5 Å². The zero-order valence-corrected chi connectivity index (χ0v) is 13.9. The van der Waals surface area contributed by atoms with Crippen molar-refractivity contribution in [2.45, 2.75) is 0 Å². The molecule has 1 fully saturated rings. The molecule has 1 aliphatic rings. The molecular formula is C19H20N4O2. The smallest absolute Gasteiger partial charge is 0.238 e. The normalized spacial score (nSPS) is 14.8. The van der Waals surface area contributed by atoms with E-state index in [0.717, 1.165) is 31.9 Å². The fraction of sp³-hybridized carbons (Fsp3) is 0.263. The second kappa shape index (κ2) is 7.69. The molecule has 0 saturated carbocycles. The molecule has 2 N–H and O–H groups in total. The zero-order valence-electron chi connectivity index (χ0n) is 13.9. The SMILES string of the molecule is N#Cc1cccc(NC(=O)CN2CCN(c3ccc(O)cc3)CC2)c1. The first-order valence-electron chi connectivity index (χ1n) is 8.20. The minimum Gasteiger partial charge on any atom is -0.508 e. The molecule has 1 aliphatic heterocycles. The minimum atomic E-state index is -0.0758. The minimum absolute atomic E-state index is 0.0758. The van der Waals surface area contributed by atoms with Gasteiger partial charge in [-0.3, -0.25) is 9.69 Å². The summed E-state index contributed by atoms with van der Waals surface area (Å²) in [5.74, 6) is 0.188. The third kappa shape index (κ3) is 4.49. The first-order valence-corrected chi connectivity index (χ1v) is 8.20. The number of hydrogen-bond acceptors (Lipinski definition) is 5. The van der Waals surface area contributed by atoms with Crippen LogP contribution in [0.1, 0.15) is 5.56 Å². The van der Waals surface area contributed by atoms with Gasteiger partial charge in [-0.2, -0.15) is 5.26 Å². The average Bonchev–Trinajstić information content (AvgIpc) is 2.63. The van der Waals surface area contributed by atoms with E-state index in [9.17, 15) is 9.90 Å². The van der Waals surface area contributed by atoms with Crippen LogP contribution in [0.3, 0.4) is 0 Å². The number of aromatic hydroxyl groups is 1. The molecule has 2 aromatic rings. The lowest BCUT2D eigenvalue weighted by atomic mass is 10.2. The number of carbonyl (C=O) groups excluding carboxylic acids is 1. The van der Waals surface area contributed by atoms with Crippen LogP contribution in [-0.2, 0) is 4.79 Å². The molecular weight excluding hydrogens is 316 g/mol. The highest BCUT2D eigenvalue weighted by Crippen LogP contribution is 2.19. The lowest BCUT2D eigenvalue weighted by Gasteiger charge is -2.35. The number of nitriles is 1. The molecule has 6 heteroatoms. The van der Waals surface area contributed by atoms with Crippen LogP contribution >= 0.6 is 0 Å². The number of hydrogen-bond donors (Lipinski definition) is 2. The summed E-state index contributed by atoms with van der Waals surface area (Å²) < 4.78 is 0. The van der Waals surface area contributed by atoms with Crippen LogP contribution < -0.4 is 10.2 Å². The van der Waals surface area contributed by atoms with E-state index in [1.165, 1.54) is 0 Å². The molecule has 128 valence electrons. The van der Waals surface area contributed by atoms with Crippen molar-refractivity contribution in [2.75, 3.05) is 42.9 Å². The molecule has 0 atom stereocenters. The van der Waals surface area contributed by atoms with E-state index >= 15 is 0 Å². The highest BCUT2D eigenvalue weighted by molar-refractivity contribution is 5.92. The Morgan fingerprint density at radius 3 is 2.52 bits per heavy atom. The summed E-state index contributed by atoms with van der Waals surface area (Å²) in [6, 6.07) is 16.1. The third-order valence-electron chi connectivity index (χ3n) is 4.23. The van der Waals surface area contributed by atoms with Gasteiger partial charge in [0, 0.05) is 37.6 Å². The zero-order chi connectivity index (χ0) is 17.6. The van der Waals surface area contributed by atoms with Crippen LogP contribution in [-0.4, -0.2) is 48.6 Å². The van der Waals surface area contributed by atoms with Crippen molar-refractivity contribution in [3.63, 3.8) is 0 Å². The predicted octanol–water partition coefficient (Wildman–Crippen LogP) is 2.02. The highest BCUT2D eigenvalue weighted by atomic mass is 16.3. The van der Waals surface area contributed by atoms with Crippen LogP contribution in [0.2, 0.25) is 0 Å². The molecule has 3 rings (SSSR count). The van der Waals surface area contributed by atoms with Crippen LogP contribution in [0, 0.1) is 11.3 Å². The number of nitrogens with zero attached hydrogens (tertiary/aromatic N) is 3. The highest BCUT2D eigenvalue weighted by Gasteiger charge is 2.19. The Bertz CT molecular complexity index is 775. The molecule has 0 unspecified atom stereocenters. The number of piperazine rings is 1. The molecule has 1 saturated heterocycles. The maximum Gasteiger partial charge on any atom is 0.238 e. The Morgan fingerprint density at radius 1 is 1.12 bits per heavy atom. The summed E-state index contributed by atoms with van der Waals surface area (Å²) in [6.07, 6.45) is 0. The summed E-state index contributed by atoms with van der Waals surface area (Å²) in [7, 11) is 0. The van der Waals surface area contributed by atoms with Crippen molar-refractivity contribution in [1.29, 1.82) is 5.26 Å². The van der Waals surface area contributed by atoms with Gasteiger partial charge in [-0.1, -0.05) is 6.07 Å². The fourth-order valence-corrected chi connectivity index (χ4v) is 2.90. The maximum atomic E-state index is 12.2. The van der Waals surface area contributed by atoms with Gasteiger partial charge in [-0.15, -0.1) is 0 Å². The number of benzene rings is 2. The van der Waals surface area contributed by atoms with E-state index in [0.29, 0.717) is 17.8 Å². The van der Waals surface area contributed by atoms with Gasteiger partial charge in [0.2, 0.25) is 5.91 Å². The van der Waals surface area contributed by atoms with Gasteiger partial charge >= 0.3 is 0 Å². The molecule has 0 aromatic heterocycles. The first-order chi connectivity index (χ1) is 12.1. The van der Waals surface area contributed by atoms with Crippen molar-refractivity contribution >= 4 is 17.3 Å². The van der Waals surface area contributed by atoms with Crippen LogP contribution in [0.4, 0.5) is 11.4 Å². The number of anilines is 2. The van der Waals surface area contributed by atoms with Gasteiger partial charge < -0.3 is 15.3 Å². The molecule has 6 nitrogen and oxygen atoms in total. The van der Waals surface area contributed by atoms with E-state index in [1.54, 1.807) is 36.4 Å². The van der Waals surface area contributed by atoms with Crippen molar-refractivity contribution < 1.29 is 9.90 Å². The summed E-state index contributed by atoms with van der Waals surface area (Å²) in [5, 5.41) is 21.1. The van der Waals surface area contributed by atoms with Gasteiger partial charge in [0.15, 0.2) is 0 Å². The van der Waals surface area contributed by atoms with Crippen LogP contribution in [0.5, 0.6) is 5.75 Å². The van der Waals surface area contributed by atoms with Crippen molar-refractivity contribution in [2.24, 2.45) is 0 Å². The fourth-order valence-electron chi connectivity index (χ4n) is 2.90. The number of phenols is 1. The Hall–Kier alpha value is -3.04. The van der Waals surface area contributed by atoms with Crippen LogP contribution in [0.25, 0.3) is 0 Å². The summed E-state index contributed by atoms with van der Waals surface area (Å²) in [4.78, 5) is 16.5. The van der Waals surface area contributed by atoms with Gasteiger partial charge in [0.25, 0.3) is 0 Å². The third-order valence-corrected chi connectivity index (χ3v) is 4.23. The van der Waals surface area contributed by atoms with Gasteiger partial charge in [-0.25, -0.2) is 0 Å². The molecule has 0 radical (unpaired) electrons. The second-order valence-corrected chi connectivity index (χ2v) is 6.02. The topological polar surface area (TPSA) is 79.6 Å². The van der Waals surface area contributed by atoms with Gasteiger partial charge in [0.1, 0.15) is 5.75 Å². The summed E-state index contributed by atoms with van der Waals surface area (Å²) in [5.41, 5.74) is 2.25. The summed E-state index contributed by atoms with van der Waals surface area (Å²) >= 11 is 0. The summed E-state index contributed by atoms with van der Waals surface area (Å²) in [6.45, 7) is 3.60. The van der Waals surface area contributed by atoms with E-state index in [-0.39, 0.29) is 11.7 Å². The van der Waals surface area contributed by atoms with Crippen molar-refractivity contribution in [3.05, 3.63) is 54.1 Å². The Kier molecular flexibility index (Phi) is 5.17. The number of carbonyl (C=O) groups is 1. The molecule has 2 aromatic carbocycles. The number of amides is 1. The van der Waals surface area contributed by atoms with Crippen molar-refractivity contribution in [3.8, 4) is 11.8 Å². The standard InChI is InChI=1S/C19H20N4O2/c20-13-15-2-1-3-16(12-15)21-19(25)14-22-8-10-23(11-9-22)17-4-6-18(24)7-5-17/h1-7,12,24H,8-11,14H2,(H,21,25). The van der Waals surface area contributed by atoms with Gasteiger partial charge in [0.05, 0.1) is 18.2 Å². The molecule has 25 heavy (non-hydrogen) atoms. The Labute approximate surface area is 146 Å². The Balaban J connectivity index is 1.49. The predicted molar refractivity (Wildman–Crippen MR) is 96.5 cm³/mol. The molecule has 0 aliphatic carbocycles. The molecule has 0 bridgehead atoms. The number of nitrogens with one attached hydrogen (secondary N) is 1. The quantitative estimate of drug-likeness (QED) is 0.893. The average molecular weight is 336 g/mol. The number of phenolic OH excluding ortho intramolecular Hbond substituents is 1. The van der Waals surface area contributed by atoms with E-state index in [4.69, 9.17) is 5.26 Å². The lowest BCUT2D eigenvalue weighted by Crippen LogP contribution is -2.48. The largest absolute Gasteiger partial charge is 0.508 e. The second-order valence-electron chi connectivity index (χ2n) is 6.02. The Morgan fingerprint density at radius 2 is 1.84 bits per heavy atom. The molecule has 1 heterocycles. The monoisotopic (exact) mass is 336 g/mol. The van der Waals surface area contributed by atoms with E-state index < -0.39 is 0 Å². The number of rotatable bonds is 4. The lowest BCUT2D eigenvalue weighted by molar-refractivity contribution is -0.117. The molecule has 1 amide bonds. The molecule has 0 spiro atoms. The maximum absolute atomic E-state index is 12.2. The van der Waals surface area contributed by atoms with Crippen LogP contribution in [0.15, 0.2) is 48.5 Å². The van der Waals surface area contributed by atoms with Crippen molar-refractivity contribution in [1.82, 2.24) is 4.90 Å². The van der Waals surface area contributed by atoms with E-state index in [2.05, 4.69) is 21.2 Å². The van der Waals surface area contributed by atoms with E-state index in [1.807, 2.05) is 12.1 Å².